The molecule has 0 fully saturated rings. The van der Waals surface area contributed by atoms with E-state index in [-0.39, 0.29) is 0 Å². The molecule has 4 heteroatoms. The van der Waals surface area contributed by atoms with Gasteiger partial charge in [-0.05, 0) is 13.8 Å². The second kappa shape index (κ2) is 4.78. The Morgan fingerprint density at radius 2 is 2.40 bits per heavy atom. The number of hydrogen-bond acceptors (Lipinski definition) is 3. The Labute approximate surface area is 59.6 Å². The maximum atomic E-state index is 10.7. The largest absolute Gasteiger partial charge is 0.464 e. The van der Waals surface area contributed by atoms with Crippen LogP contribution in [-0.2, 0) is 14.3 Å². The predicted molar refractivity (Wildman–Crippen MR) is 35.3 cm³/mol. The molecule has 0 spiro atoms. The normalized spacial score (nSPS) is 11.8. The van der Waals surface area contributed by atoms with Crippen LogP contribution < -0.4 is 5.32 Å². The summed E-state index contributed by atoms with van der Waals surface area (Å²) >= 11 is 0. The molecule has 1 atom stereocenters. The van der Waals surface area contributed by atoms with Crippen LogP contribution in [0.5, 0.6) is 0 Å². The van der Waals surface area contributed by atoms with Crippen LogP contribution in [0, 0.1) is 0 Å². The van der Waals surface area contributed by atoms with Gasteiger partial charge in [-0.15, -0.1) is 0 Å². The van der Waals surface area contributed by atoms with Crippen molar-refractivity contribution >= 4 is 12.4 Å². The van der Waals surface area contributed by atoms with E-state index < -0.39 is 12.0 Å². The van der Waals surface area contributed by atoms with Gasteiger partial charge in [-0.25, -0.2) is 4.79 Å². The number of carbonyl (C=O) groups is 2. The Bertz CT molecular complexity index is 124. The highest BCUT2D eigenvalue weighted by molar-refractivity contribution is 5.77. The van der Waals surface area contributed by atoms with Gasteiger partial charge in [-0.1, -0.05) is 0 Å². The first-order valence-corrected chi connectivity index (χ1v) is 3.08. The number of amides is 1. The number of carbonyl (C=O) groups excluding carboxylic acids is 2. The zero-order valence-electron chi connectivity index (χ0n) is 6.09. The highest BCUT2D eigenvalue weighted by Crippen LogP contribution is 1.84. The number of hydrogen-bond donors (Lipinski definition) is 1. The van der Waals surface area contributed by atoms with Crippen molar-refractivity contribution in [3.05, 3.63) is 0 Å². The maximum absolute atomic E-state index is 10.7. The van der Waals surface area contributed by atoms with Crippen molar-refractivity contribution in [2.24, 2.45) is 0 Å². The first-order valence-electron chi connectivity index (χ1n) is 3.08. The zero-order valence-corrected chi connectivity index (χ0v) is 6.09. The SMILES string of the molecule is CCOC(=O)C(C)NC=O. The molecular formula is C6H11NO3. The molecule has 0 aromatic carbocycles. The van der Waals surface area contributed by atoms with Gasteiger partial charge in [0.1, 0.15) is 6.04 Å². The van der Waals surface area contributed by atoms with Crippen molar-refractivity contribution in [1.82, 2.24) is 5.32 Å². The standard InChI is InChI=1S/C6H11NO3/c1-3-10-6(9)5(2)7-4-8/h4-5H,3H2,1-2H3,(H,7,8). The second-order valence-electron chi connectivity index (χ2n) is 1.76. The molecule has 0 rings (SSSR count). The van der Waals surface area contributed by atoms with Crippen molar-refractivity contribution < 1.29 is 14.3 Å². The Balaban J connectivity index is 3.58. The van der Waals surface area contributed by atoms with E-state index in [1.165, 1.54) is 0 Å². The number of rotatable bonds is 4. The quantitative estimate of drug-likeness (QED) is 0.436. The summed E-state index contributed by atoms with van der Waals surface area (Å²) in [6, 6.07) is -0.544. The van der Waals surface area contributed by atoms with E-state index in [4.69, 9.17) is 0 Å². The molecule has 0 heterocycles. The Hall–Kier alpha value is -1.06. The number of nitrogens with one attached hydrogen (secondary N) is 1. The third kappa shape index (κ3) is 3.06. The lowest BCUT2D eigenvalue weighted by atomic mass is 10.3. The molecule has 4 nitrogen and oxygen atoms in total. The summed E-state index contributed by atoms with van der Waals surface area (Å²) in [7, 11) is 0. The first kappa shape index (κ1) is 8.94. The molecule has 0 radical (unpaired) electrons. The average molecular weight is 145 g/mol. The summed E-state index contributed by atoms with van der Waals surface area (Å²) in [5.74, 6) is -0.408. The third-order valence-electron chi connectivity index (χ3n) is 0.958. The molecule has 10 heavy (non-hydrogen) atoms. The average Bonchev–Trinajstić information content (AvgIpc) is 1.89. The fraction of sp³-hybridized carbons (Fsp3) is 0.667. The van der Waals surface area contributed by atoms with Gasteiger partial charge >= 0.3 is 5.97 Å². The van der Waals surface area contributed by atoms with Gasteiger partial charge < -0.3 is 10.1 Å². The summed E-state index contributed by atoms with van der Waals surface area (Å²) < 4.78 is 4.60. The van der Waals surface area contributed by atoms with Gasteiger partial charge in [-0.3, -0.25) is 4.79 Å². The minimum Gasteiger partial charge on any atom is -0.464 e. The van der Waals surface area contributed by atoms with Crippen LogP contribution in [0.25, 0.3) is 0 Å². The van der Waals surface area contributed by atoms with Gasteiger partial charge in [0, 0.05) is 0 Å². The summed E-state index contributed by atoms with van der Waals surface area (Å²) in [5.41, 5.74) is 0. The van der Waals surface area contributed by atoms with Crippen LogP contribution in [0.3, 0.4) is 0 Å². The predicted octanol–water partition coefficient (Wildman–Crippen LogP) is -0.316. The minimum atomic E-state index is -0.544. The van der Waals surface area contributed by atoms with Crippen LogP contribution in [0.1, 0.15) is 13.8 Å². The molecule has 0 saturated carbocycles. The molecule has 0 aromatic heterocycles. The molecule has 1 unspecified atom stereocenters. The Kier molecular flexibility index (Phi) is 4.28. The fourth-order valence-electron chi connectivity index (χ4n) is 0.437. The smallest absolute Gasteiger partial charge is 0.328 e. The van der Waals surface area contributed by atoms with Crippen LogP contribution >= 0.6 is 0 Å². The highest BCUT2D eigenvalue weighted by atomic mass is 16.5. The molecule has 0 saturated heterocycles. The molecule has 0 aromatic rings. The van der Waals surface area contributed by atoms with Gasteiger partial charge in [-0.2, -0.15) is 0 Å². The van der Waals surface area contributed by atoms with Crippen LogP contribution in [0.4, 0.5) is 0 Å². The summed E-state index contributed by atoms with van der Waals surface area (Å²) in [6.07, 6.45) is 0.474. The lowest BCUT2D eigenvalue weighted by Gasteiger charge is -2.07. The molecule has 1 amide bonds. The van der Waals surface area contributed by atoms with Gasteiger partial charge in [0.2, 0.25) is 6.41 Å². The van der Waals surface area contributed by atoms with E-state index in [2.05, 4.69) is 10.1 Å². The summed E-state index contributed by atoms with van der Waals surface area (Å²) in [4.78, 5) is 20.5. The molecule has 0 aliphatic rings. The fourth-order valence-corrected chi connectivity index (χ4v) is 0.437. The van der Waals surface area contributed by atoms with E-state index >= 15 is 0 Å². The van der Waals surface area contributed by atoms with Crippen molar-refractivity contribution in [1.29, 1.82) is 0 Å². The molecule has 0 aliphatic heterocycles. The lowest BCUT2D eigenvalue weighted by molar-refractivity contribution is -0.145. The van der Waals surface area contributed by atoms with Gasteiger partial charge in [0.05, 0.1) is 6.61 Å². The lowest BCUT2D eigenvalue weighted by Crippen LogP contribution is -2.34. The molecule has 58 valence electrons. The molecule has 0 aliphatic carbocycles. The Morgan fingerprint density at radius 3 is 2.80 bits per heavy atom. The number of esters is 1. The highest BCUT2D eigenvalue weighted by Gasteiger charge is 2.10. The maximum Gasteiger partial charge on any atom is 0.328 e. The summed E-state index contributed by atoms with van der Waals surface area (Å²) in [5, 5.41) is 2.27. The van der Waals surface area contributed by atoms with Crippen molar-refractivity contribution in [2.75, 3.05) is 6.61 Å². The molecular weight excluding hydrogens is 134 g/mol. The van der Waals surface area contributed by atoms with Gasteiger partial charge in [0.25, 0.3) is 0 Å². The molecule has 0 bridgehead atoms. The first-order chi connectivity index (χ1) is 4.72. The third-order valence-corrected chi connectivity index (χ3v) is 0.958. The van der Waals surface area contributed by atoms with E-state index in [0.717, 1.165) is 0 Å². The topological polar surface area (TPSA) is 55.4 Å². The van der Waals surface area contributed by atoms with Crippen LogP contribution in [0.15, 0.2) is 0 Å². The van der Waals surface area contributed by atoms with Crippen LogP contribution in [0.2, 0.25) is 0 Å². The monoisotopic (exact) mass is 145 g/mol. The van der Waals surface area contributed by atoms with E-state index in [9.17, 15) is 9.59 Å². The molecule has 1 N–H and O–H groups in total. The van der Waals surface area contributed by atoms with Gasteiger partial charge in [0.15, 0.2) is 0 Å². The van der Waals surface area contributed by atoms with E-state index in [1.807, 2.05) is 0 Å². The van der Waals surface area contributed by atoms with Crippen molar-refractivity contribution in [2.45, 2.75) is 19.9 Å². The Morgan fingerprint density at radius 1 is 1.80 bits per heavy atom. The van der Waals surface area contributed by atoms with E-state index in [0.29, 0.717) is 13.0 Å². The second-order valence-corrected chi connectivity index (χ2v) is 1.76. The van der Waals surface area contributed by atoms with Crippen molar-refractivity contribution in [3.8, 4) is 0 Å². The zero-order chi connectivity index (χ0) is 7.98. The number of ether oxygens (including phenoxy) is 1. The van der Waals surface area contributed by atoms with Crippen LogP contribution in [-0.4, -0.2) is 25.0 Å². The van der Waals surface area contributed by atoms with E-state index in [1.54, 1.807) is 13.8 Å². The minimum absolute atomic E-state index is 0.337. The summed E-state index contributed by atoms with van der Waals surface area (Å²) in [6.45, 7) is 3.61. The van der Waals surface area contributed by atoms with Crippen molar-refractivity contribution in [3.63, 3.8) is 0 Å².